The second-order valence-electron chi connectivity index (χ2n) is 9.59. The van der Waals surface area contributed by atoms with Gasteiger partial charge < -0.3 is 0 Å². The summed E-state index contributed by atoms with van der Waals surface area (Å²) in [5.41, 5.74) is 3.15. The predicted molar refractivity (Wildman–Crippen MR) is 148 cm³/mol. The van der Waals surface area contributed by atoms with Gasteiger partial charge in [-0.25, -0.2) is 0 Å². The summed E-state index contributed by atoms with van der Waals surface area (Å²) in [6.45, 7) is 7.31. The normalized spacial score (nSPS) is 20.3. The Hall–Kier alpha value is -3.24. The Morgan fingerprint density at radius 3 is 1.21 bits per heavy atom. The number of rotatable bonds is 9. The van der Waals surface area contributed by atoms with Gasteiger partial charge in [0.25, 0.3) is 0 Å². The van der Waals surface area contributed by atoms with E-state index in [9.17, 15) is 16.8 Å². The van der Waals surface area contributed by atoms with Gasteiger partial charge >= 0.3 is 20.2 Å². The molecule has 2 saturated carbocycles. The molecule has 0 radical (unpaired) electrons. The molecule has 38 heavy (non-hydrogen) atoms. The summed E-state index contributed by atoms with van der Waals surface area (Å²) < 4.78 is 59.6. The molecule has 2 aromatic carbocycles. The Kier molecular flexibility index (Phi) is 8.83. The molecule has 0 unspecified atom stereocenters. The van der Waals surface area contributed by atoms with Crippen molar-refractivity contribution in [2.75, 3.05) is 0 Å². The third-order valence-corrected chi connectivity index (χ3v) is 9.46. The van der Waals surface area contributed by atoms with Gasteiger partial charge in [-0.15, -0.1) is 0 Å². The van der Waals surface area contributed by atoms with E-state index < -0.39 is 20.2 Å². The van der Waals surface area contributed by atoms with Gasteiger partial charge in [0.2, 0.25) is 0 Å². The van der Waals surface area contributed by atoms with E-state index in [-0.39, 0.29) is 9.79 Å². The van der Waals surface area contributed by atoms with Crippen LogP contribution in [0.15, 0.2) is 81.8 Å². The standard InChI is InChI=1S/C28H32N2O6S2/c1-3-21-5-17-27(18-6-21)37(31,32)35-29-25-13-9-23(10-14-25)24-11-15-26(16-12-24)30-36-38(33,34)28-19-7-22(4-2)8-20-28/h3-8,17-20,23-24H,1-2,9-16H2. The first-order valence-corrected chi connectivity index (χ1v) is 15.5. The van der Waals surface area contributed by atoms with E-state index in [1.807, 2.05) is 0 Å². The third kappa shape index (κ3) is 6.99. The van der Waals surface area contributed by atoms with E-state index in [1.165, 1.54) is 24.3 Å². The van der Waals surface area contributed by atoms with E-state index in [1.54, 1.807) is 36.4 Å². The van der Waals surface area contributed by atoms with Crippen molar-refractivity contribution in [2.24, 2.45) is 22.1 Å². The largest absolute Gasteiger partial charge is 0.358 e. The van der Waals surface area contributed by atoms with Crippen LogP contribution in [0.1, 0.15) is 62.5 Å². The molecule has 0 atom stereocenters. The molecule has 0 heterocycles. The van der Waals surface area contributed by atoms with Crippen LogP contribution in [-0.2, 0) is 28.8 Å². The number of hydrogen-bond acceptors (Lipinski definition) is 8. The summed E-state index contributed by atoms with van der Waals surface area (Å²) >= 11 is 0. The van der Waals surface area contributed by atoms with Crippen molar-refractivity contribution in [1.29, 1.82) is 0 Å². The number of nitrogens with zero attached hydrogens (tertiary/aromatic N) is 2. The molecular formula is C28H32N2O6S2. The van der Waals surface area contributed by atoms with Crippen LogP contribution in [0.3, 0.4) is 0 Å². The highest BCUT2D eigenvalue weighted by atomic mass is 32.2. The second kappa shape index (κ2) is 12.1. The average Bonchev–Trinajstić information content (AvgIpc) is 2.96. The second-order valence-corrected chi connectivity index (χ2v) is 12.7. The average molecular weight is 557 g/mol. The van der Waals surface area contributed by atoms with E-state index in [4.69, 9.17) is 8.57 Å². The summed E-state index contributed by atoms with van der Waals surface area (Å²) in [4.78, 5) is 0.117. The van der Waals surface area contributed by atoms with Gasteiger partial charge in [-0.3, -0.25) is 8.57 Å². The molecule has 2 aromatic rings. The van der Waals surface area contributed by atoms with Crippen LogP contribution in [-0.4, -0.2) is 28.3 Å². The molecule has 4 rings (SSSR count). The van der Waals surface area contributed by atoms with Crippen molar-refractivity contribution in [3.05, 3.63) is 72.8 Å². The molecule has 8 nitrogen and oxygen atoms in total. The van der Waals surface area contributed by atoms with E-state index in [0.29, 0.717) is 37.5 Å². The van der Waals surface area contributed by atoms with Crippen LogP contribution in [0.4, 0.5) is 0 Å². The summed E-state index contributed by atoms with van der Waals surface area (Å²) in [6, 6.07) is 12.6. The summed E-state index contributed by atoms with van der Waals surface area (Å²) in [5, 5.41) is 7.92. The lowest BCUT2D eigenvalue weighted by Crippen LogP contribution is -2.26. The van der Waals surface area contributed by atoms with Gasteiger partial charge in [0.05, 0.1) is 11.4 Å². The van der Waals surface area contributed by atoms with Gasteiger partial charge in [0.15, 0.2) is 0 Å². The minimum atomic E-state index is -3.96. The Morgan fingerprint density at radius 1 is 0.605 bits per heavy atom. The van der Waals surface area contributed by atoms with Crippen LogP contribution in [0.2, 0.25) is 0 Å². The zero-order valence-electron chi connectivity index (χ0n) is 21.2. The quantitative estimate of drug-likeness (QED) is 0.341. The molecule has 202 valence electrons. The molecule has 0 aliphatic heterocycles. The third-order valence-electron chi connectivity index (χ3n) is 7.22. The molecule has 0 N–H and O–H groups in total. The zero-order valence-corrected chi connectivity index (χ0v) is 22.8. The topological polar surface area (TPSA) is 111 Å². The van der Waals surface area contributed by atoms with Crippen LogP contribution in [0, 0.1) is 11.8 Å². The van der Waals surface area contributed by atoms with Gasteiger partial charge in [-0.05, 0) is 98.6 Å². The van der Waals surface area contributed by atoms with Crippen LogP contribution in [0.5, 0.6) is 0 Å². The minimum absolute atomic E-state index is 0.0585. The van der Waals surface area contributed by atoms with E-state index >= 15 is 0 Å². The van der Waals surface area contributed by atoms with E-state index in [2.05, 4.69) is 23.5 Å². The Morgan fingerprint density at radius 2 is 0.921 bits per heavy atom. The highest BCUT2D eigenvalue weighted by Crippen LogP contribution is 2.37. The predicted octanol–water partition coefficient (Wildman–Crippen LogP) is 6.18. The molecule has 0 spiro atoms. The molecule has 0 saturated heterocycles. The number of hydrogen-bond donors (Lipinski definition) is 0. The molecule has 10 heteroatoms. The fourth-order valence-corrected chi connectivity index (χ4v) is 6.42. The van der Waals surface area contributed by atoms with Crippen molar-refractivity contribution in [3.8, 4) is 0 Å². The lowest BCUT2D eigenvalue weighted by Gasteiger charge is -2.33. The first kappa shape index (κ1) is 27.8. The van der Waals surface area contributed by atoms with Crippen molar-refractivity contribution in [3.63, 3.8) is 0 Å². The Balaban J connectivity index is 1.24. The first-order chi connectivity index (χ1) is 18.2. The van der Waals surface area contributed by atoms with E-state index in [0.717, 1.165) is 48.2 Å². The van der Waals surface area contributed by atoms with Crippen molar-refractivity contribution < 1.29 is 25.4 Å². The van der Waals surface area contributed by atoms with Crippen LogP contribution >= 0.6 is 0 Å². The fourth-order valence-electron chi connectivity index (χ4n) is 4.90. The molecule has 2 fully saturated rings. The summed E-state index contributed by atoms with van der Waals surface area (Å²) in [5.74, 6) is 1.01. The molecule has 0 bridgehead atoms. The molecule has 2 aliphatic carbocycles. The van der Waals surface area contributed by atoms with Crippen LogP contribution in [0.25, 0.3) is 12.2 Å². The number of benzene rings is 2. The minimum Gasteiger partial charge on any atom is -0.265 e. The smallest absolute Gasteiger partial charge is 0.265 e. The summed E-state index contributed by atoms with van der Waals surface area (Å²) in [7, 11) is -7.91. The highest BCUT2D eigenvalue weighted by molar-refractivity contribution is 7.87. The van der Waals surface area contributed by atoms with Gasteiger partial charge in [0, 0.05) is 0 Å². The van der Waals surface area contributed by atoms with Gasteiger partial charge in [-0.1, -0.05) is 59.9 Å². The van der Waals surface area contributed by atoms with Crippen molar-refractivity contribution in [2.45, 2.75) is 61.2 Å². The molecule has 0 aromatic heterocycles. The SMILES string of the molecule is C=Cc1ccc(S(=O)(=O)ON=C2CCC(C3CCC(=NOS(=O)(=O)c4ccc(C=C)cc4)CC3)CC2)cc1. The zero-order chi connectivity index (χ0) is 27.2. The Bertz CT molecular complexity index is 1300. The maximum absolute atomic E-state index is 12.4. The Labute approximate surface area is 225 Å². The molecular weight excluding hydrogens is 524 g/mol. The first-order valence-electron chi connectivity index (χ1n) is 12.6. The van der Waals surface area contributed by atoms with Crippen molar-refractivity contribution >= 4 is 43.8 Å². The highest BCUT2D eigenvalue weighted by Gasteiger charge is 2.29. The maximum Gasteiger partial charge on any atom is 0.358 e. The van der Waals surface area contributed by atoms with Gasteiger partial charge in [0.1, 0.15) is 9.79 Å². The fraction of sp³-hybridized carbons (Fsp3) is 0.357. The lowest BCUT2D eigenvalue weighted by molar-refractivity contribution is 0.247. The molecule has 0 amide bonds. The maximum atomic E-state index is 12.4. The monoisotopic (exact) mass is 556 g/mol. The summed E-state index contributed by atoms with van der Waals surface area (Å²) in [6.07, 6.45) is 9.71. The molecule has 2 aliphatic rings. The van der Waals surface area contributed by atoms with Crippen LogP contribution < -0.4 is 0 Å². The lowest BCUT2D eigenvalue weighted by atomic mass is 9.73. The van der Waals surface area contributed by atoms with Crippen molar-refractivity contribution in [1.82, 2.24) is 0 Å². The van der Waals surface area contributed by atoms with Gasteiger partial charge in [-0.2, -0.15) is 16.8 Å². The number of oxime groups is 2.